The van der Waals surface area contributed by atoms with Gasteiger partial charge in [-0.2, -0.15) is 0 Å². The number of aromatic amines is 1. The Balaban J connectivity index is 1.66. The number of nitrogens with one attached hydrogen (secondary N) is 2. The smallest absolute Gasteiger partial charge is 0.196 e. The maximum atomic E-state index is 13.4. The summed E-state index contributed by atoms with van der Waals surface area (Å²) in [6.45, 7) is 9.37. The summed E-state index contributed by atoms with van der Waals surface area (Å²) in [6.07, 6.45) is 3.38. The fourth-order valence-corrected chi connectivity index (χ4v) is 4.57. The van der Waals surface area contributed by atoms with Crippen molar-refractivity contribution in [2.45, 2.75) is 26.8 Å². The number of pyridine rings is 1. The number of aromatic nitrogens is 2. The van der Waals surface area contributed by atoms with Gasteiger partial charge < -0.3 is 19.8 Å². The third-order valence-electron chi connectivity index (χ3n) is 6.22. The van der Waals surface area contributed by atoms with Crippen LogP contribution in [-0.4, -0.2) is 15.1 Å². The van der Waals surface area contributed by atoms with Crippen molar-refractivity contribution in [3.8, 4) is 11.3 Å². The lowest BCUT2D eigenvalue weighted by Crippen LogP contribution is -2.12. The Kier molecular flexibility index (Phi) is 5.61. The molecular weight excluding hydrogens is 462 g/mol. The van der Waals surface area contributed by atoms with E-state index in [1.807, 2.05) is 50.2 Å². The average molecular weight is 486 g/mol. The molecule has 2 aromatic carbocycles. The molecule has 0 aliphatic rings. The predicted octanol–water partition coefficient (Wildman–Crippen LogP) is 7.31. The van der Waals surface area contributed by atoms with Crippen molar-refractivity contribution < 1.29 is 9.52 Å². The number of H-pyrrole nitrogens is 1. The molecule has 7 heteroatoms. The largest absolute Gasteiger partial charge is 0.508 e. The molecule has 0 saturated heterocycles. The van der Waals surface area contributed by atoms with E-state index in [0.717, 1.165) is 33.3 Å². The molecule has 35 heavy (non-hydrogen) atoms. The van der Waals surface area contributed by atoms with Gasteiger partial charge in [-0.3, -0.25) is 4.79 Å². The van der Waals surface area contributed by atoms with Crippen LogP contribution in [0.2, 0.25) is 5.15 Å². The van der Waals surface area contributed by atoms with Crippen LogP contribution < -0.4 is 10.7 Å². The Morgan fingerprint density at radius 1 is 1.17 bits per heavy atom. The number of halogens is 1. The Bertz CT molecular complexity index is 1670. The number of hydrogen-bond donors (Lipinski definition) is 3. The fourth-order valence-electron chi connectivity index (χ4n) is 4.46. The van der Waals surface area contributed by atoms with Crippen LogP contribution in [0.3, 0.4) is 0 Å². The minimum Gasteiger partial charge on any atom is -0.508 e. The van der Waals surface area contributed by atoms with Gasteiger partial charge in [0.25, 0.3) is 0 Å². The fraction of sp³-hybridized carbons (Fsp3) is 0.143. The molecule has 5 rings (SSSR count). The van der Waals surface area contributed by atoms with E-state index in [-0.39, 0.29) is 17.2 Å². The summed E-state index contributed by atoms with van der Waals surface area (Å²) in [5.41, 5.74) is 5.87. The molecule has 6 nitrogen and oxygen atoms in total. The minimum atomic E-state index is -0.164. The first-order chi connectivity index (χ1) is 16.7. The van der Waals surface area contributed by atoms with Crippen molar-refractivity contribution in [2.75, 3.05) is 5.32 Å². The number of aliphatic hydroxyl groups excluding tert-OH is 1. The SMILES string of the molecule is C=C(O)c1c[nH]c2cc(-c3oc4c([C@@H](C)Nc5ccc(Cl)nc5)cc(C)cc4c(=O)c3C)ccc12. The van der Waals surface area contributed by atoms with Gasteiger partial charge in [0.15, 0.2) is 5.43 Å². The van der Waals surface area contributed by atoms with Crippen molar-refractivity contribution in [1.82, 2.24) is 9.97 Å². The number of aryl methyl sites for hydroxylation is 1. The molecule has 3 heterocycles. The van der Waals surface area contributed by atoms with E-state index in [0.29, 0.717) is 33.0 Å². The summed E-state index contributed by atoms with van der Waals surface area (Å²) < 4.78 is 6.47. The van der Waals surface area contributed by atoms with E-state index in [1.165, 1.54) is 0 Å². The van der Waals surface area contributed by atoms with E-state index in [1.54, 1.807) is 25.4 Å². The lowest BCUT2D eigenvalue weighted by Gasteiger charge is -2.18. The predicted molar refractivity (Wildman–Crippen MR) is 142 cm³/mol. The summed E-state index contributed by atoms with van der Waals surface area (Å²) in [5, 5.41) is 15.1. The third-order valence-corrected chi connectivity index (χ3v) is 6.45. The van der Waals surface area contributed by atoms with Crippen LogP contribution in [0, 0.1) is 13.8 Å². The van der Waals surface area contributed by atoms with Crippen LogP contribution in [0.15, 0.2) is 70.6 Å². The second-order valence-electron chi connectivity index (χ2n) is 8.76. The number of nitrogens with zero attached hydrogens (tertiary/aromatic N) is 1. The Morgan fingerprint density at radius 2 is 1.97 bits per heavy atom. The molecular formula is C28H24ClN3O3. The molecule has 0 aliphatic heterocycles. The number of aliphatic hydroxyl groups is 1. The molecule has 0 unspecified atom stereocenters. The van der Waals surface area contributed by atoms with E-state index in [9.17, 15) is 9.90 Å². The van der Waals surface area contributed by atoms with E-state index >= 15 is 0 Å². The van der Waals surface area contributed by atoms with Crippen LogP contribution in [0.1, 0.15) is 35.2 Å². The molecule has 0 radical (unpaired) electrons. The Labute approximate surface area is 206 Å². The lowest BCUT2D eigenvalue weighted by molar-refractivity contribution is 0.514. The van der Waals surface area contributed by atoms with Crippen LogP contribution in [0.5, 0.6) is 0 Å². The van der Waals surface area contributed by atoms with Crippen molar-refractivity contribution in [3.05, 3.63) is 99.1 Å². The maximum Gasteiger partial charge on any atom is 0.196 e. The minimum absolute atomic E-state index is 0.00481. The van der Waals surface area contributed by atoms with Crippen molar-refractivity contribution in [2.24, 2.45) is 0 Å². The molecule has 3 aromatic heterocycles. The summed E-state index contributed by atoms with van der Waals surface area (Å²) in [7, 11) is 0. The highest BCUT2D eigenvalue weighted by Crippen LogP contribution is 2.34. The maximum absolute atomic E-state index is 13.4. The Hall–Kier alpha value is -4.03. The van der Waals surface area contributed by atoms with Crippen LogP contribution in [0.4, 0.5) is 5.69 Å². The Morgan fingerprint density at radius 3 is 2.69 bits per heavy atom. The molecule has 3 N–H and O–H groups in total. The highest BCUT2D eigenvalue weighted by atomic mass is 35.5. The van der Waals surface area contributed by atoms with Crippen LogP contribution in [0.25, 0.3) is 39.0 Å². The van der Waals surface area contributed by atoms with Crippen molar-refractivity contribution in [3.63, 3.8) is 0 Å². The average Bonchev–Trinajstić information content (AvgIpc) is 3.26. The molecule has 176 valence electrons. The monoisotopic (exact) mass is 485 g/mol. The van der Waals surface area contributed by atoms with E-state index in [4.69, 9.17) is 16.0 Å². The summed E-state index contributed by atoms with van der Waals surface area (Å²) in [4.78, 5) is 20.7. The first-order valence-corrected chi connectivity index (χ1v) is 11.6. The zero-order chi connectivity index (χ0) is 24.9. The zero-order valence-corrected chi connectivity index (χ0v) is 20.3. The first-order valence-electron chi connectivity index (χ1n) is 11.2. The molecule has 5 aromatic rings. The van der Waals surface area contributed by atoms with Crippen LogP contribution >= 0.6 is 11.6 Å². The molecule has 0 bridgehead atoms. The second kappa shape index (κ2) is 8.64. The van der Waals surface area contributed by atoms with E-state index < -0.39 is 0 Å². The first kappa shape index (κ1) is 22.7. The molecule has 0 spiro atoms. The van der Waals surface area contributed by atoms with Crippen molar-refractivity contribution >= 4 is 44.9 Å². The van der Waals surface area contributed by atoms with Crippen LogP contribution in [-0.2, 0) is 0 Å². The van der Waals surface area contributed by atoms with Gasteiger partial charge in [0.2, 0.25) is 0 Å². The lowest BCUT2D eigenvalue weighted by atomic mass is 9.98. The molecule has 0 aliphatic carbocycles. The third kappa shape index (κ3) is 4.06. The number of anilines is 1. The standard InChI is InChI=1S/C28H24ClN3O3/c1-14-9-21(16(3)32-19-6-8-25(29)31-12-19)28-22(10-14)26(34)15(2)27(35-28)18-5-7-20-23(17(4)33)13-30-24(20)11-18/h5-13,16,30,32-33H,4H2,1-3H3/t16-/m1/s1. The van der Waals surface area contributed by atoms with Gasteiger partial charge in [-0.25, -0.2) is 4.98 Å². The number of hydrogen-bond acceptors (Lipinski definition) is 5. The second-order valence-corrected chi connectivity index (χ2v) is 9.15. The van der Waals surface area contributed by atoms with Gasteiger partial charge in [-0.05, 0) is 50.6 Å². The molecule has 0 fully saturated rings. The molecule has 0 amide bonds. The van der Waals surface area contributed by atoms with E-state index in [2.05, 4.69) is 21.9 Å². The summed E-state index contributed by atoms with van der Waals surface area (Å²) in [5.74, 6) is 0.503. The highest BCUT2D eigenvalue weighted by molar-refractivity contribution is 6.29. The van der Waals surface area contributed by atoms with Gasteiger partial charge in [0.1, 0.15) is 22.3 Å². The number of fused-ring (bicyclic) bond motifs is 2. The quantitative estimate of drug-likeness (QED) is 0.179. The van der Waals surface area contributed by atoms with Gasteiger partial charge in [0, 0.05) is 39.4 Å². The molecule has 1 atom stereocenters. The number of benzene rings is 2. The molecule has 0 saturated carbocycles. The normalized spacial score (nSPS) is 12.2. The van der Waals surface area contributed by atoms with Gasteiger partial charge in [0.05, 0.1) is 23.3 Å². The van der Waals surface area contributed by atoms with Crippen molar-refractivity contribution in [1.29, 1.82) is 0 Å². The highest BCUT2D eigenvalue weighted by Gasteiger charge is 2.19. The number of rotatable bonds is 5. The van der Waals surface area contributed by atoms with Gasteiger partial charge in [-0.1, -0.05) is 36.4 Å². The zero-order valence-electron chi connectivity index (χ0n) is 19.6. The summed E-state index contributed by atoms with van der Waals surface area (Å²) >= 11 is 5.92. The topological polar surface area (TPSA) is 91.2 Å². The summed E-state index contributed by atoms with van der Waals surface area (Å²) in [6, 6.07) is 13.0. The van der Waals surface area contributed by atoms with Gasteiger partial charge >= 0.3 is 0 Å². The van der Waals surface area contributed by atoms with Gasteiger partial charge in [-0.15, -0.1) is 0 Å².